The van der Waals surface area contributed by atoms with Crippen molar-refractivity contribution in [2.24, 2.45) is 10.7 Å². The summed E-state index contributed by atoms with van der Waals surface area (Å²) in [4.78, 5) is 12.4. The molecule has 4 N–H and O–H groups in total. The van der Waals surface area contributed by atoms with Crippen molar-refractivity contribution >= 4 is 32.9 Å². The van der Waals surface area contributed by atoms with E-state index in [4.69, 9.17) is 15.5 Å². The van der Waals surface area contributed by atoms with E-state index < -0.39 is 15.8 Å². The third kappa shape index (κ3) is 5.93. The molecule has 4 aliphatic heterocycles. The zero-order chi connectivity index (χ0) is 30.4. The van der Waals surface area contributed by atoms with E-state index in [0.717, 1.165) is 68.9 Å². The number of ether oxygens (including phenoxy) is 1. The Balaban J connectivity index is 1.21. The van der Waals surface area contributed by atoms with E-state index in [2.05, 4.69) is 44.5 Å². The number of nitrogens with two attached hydrogens (primary N) is 1. The van der Waals surface area contributed by atoms with Gasteiger partial charge in [-0.05, 0) is 57.0 Å². The number of hydrogen-bond acceptors (Lipinski definition) is 10. The largest absolute Gasteiger partial charge is 0.496 e. The van der Waals surface area contributed by atoms with Crippen molar-refractivity contribution in [3.05, 3.63) is 59.3 Å². The number of nitrogens with one attached hydrogen (secondary N) is 2. The van der Waals surface area contributed by atoms with Crippen molar-refractivity contribution < 1.29 is 13.2 Å². The Kier molecular flexibility index (Phi) is 8.05. The van der Waals surface area contributed by atoms with Crippen LogP contribution >= 0.6 is 0 Å². The minimum atomic E-state index is -3.41. The molecule has 0 aliphatic carbocycles. The number of amidine groups is 1. The zero-order valence-corrected chi connectivity index (χ0v) is 26.5. The molecule has 11 nitrogen and oxygen atoms in total. The van der Waals surface area contributed by atoms with E-state index in [0.29, 0.717) is 47.5 Å². The maximum Gasteiger partial charge on any atom is 0.232 e. The Labute approximate surface area is 255 Å². The van der Waals surface area contributed by atoms with E-state index in [9.17, 15) is 8.42 Å². The highest BCUT2D eigenvalue weighted by Crippen LogP contribution is 2.39. The summed E-state index contributed by atoms with van der Waals surface area (Å²) >= 11 is 0. The van der Waals surface area contributed by atoms with Gasteiger partial charge in [-0.2, -0.15) is 0 Å². The molecule has 0 saturated carbocycles. The Morgan fingerprint density at radius 3 is 2.51 bits per heavy atom. The molecular weight excluding hydrogens is 564 g/mol. The maximum atomic E-state index is 12.5. The zero-order valence-electron chi connectivity index (χ0n) is 25.6. The van der Waals surface area contributed by atoms with Crippen LogP contribution in [0.5, 0.6) is 5.75 Å². The minimum Gasteiger partial charge on any atom is -0.496 e. The number of likely N-dealkylation sites (N-methyl/N-ethyl adjacent to an activating group) is 1. The van der Waals surface area contributed by atoms with E-state index in [1.165, 1.54) is 10.6 Å². The van der Waals surface area contributed by atoms with Gasteiger partial charge in [0.2, 0.25) is 15.8 Å². The number of benzene rings is 2. The molecule has 4 heterocycles. The normalized spacial score (nSPS) is 23.8. The number of hydrogen-bond donors (Lipinski definition) is 3. The summed E-state index contributed by atoms with van der Waals surface area (Å²) in [5.41, 5.74) is 11.9. The van der Waals surface area contributed by atoms with Crippen molar-refractivity contribution in [2.45, 2.75) is 38.0 Å². The molecule has 43 heavy (non-hydrogen) atoms. The monoisotopic (exact) mass is 608 g/mol. The van der Waals surface area contributed by atoms with Crippen molar-refractivity contribution in [3.63, 3.8) is 0 Å². The number of para-hydroxylation sites is 1. The number of nitrogens with zero attached hydrogens (tertiary/aromatic N) is 5. The number of piperazine rings is 1. The number of sulfonamides is 1. The van der Waals surface area contributed by atoms with Crippen LogP contribution in [0.15, 0.2) is 53.2 Å². The standard InChI is InChI=1S/C31H44N8O3S/c1-22-21-33-31(32,35-30(22)34-27-7-5-6-23-10-15-39(29(23)27)43(4,40)41)26-9-8-25(20-28(26)42-3)37-13-11-24(12-14-37)38-18-16-36(2)17-19-38/h5-9,20-21,24,33H,10-19,32H2,1-4H3,(H,34,35). The molecule has 0 amide bonds. The lowest BCUT2D eigenvalue weighted by Crippen LogP contribution is -2.52. The van der Waals surface area contributed by atoms with Gasteiger partial charge in [0.15, 0.2) is 0 Å². The van der Waals surface area contributed by atoms with Gasteiger partial charge in [-0.1, -0.05) is 12.1 Å². The summed E-state index contributed by atoms with van der Waals surface area (Å²) in [5, 5.41) is 6.65. The second-order valence-electron chi connectivity index (χ2n) is 12.2. The molecule has 2 aromatic rings. The minimum absolute atomic E-state index is 0.424. The van der Waals surface area contributed by atoms with Gasteiger partial charge < -0.3 is 25.2 Å². The first-order valence-electron chi connectivity index (χ1n) is 15.1. The van der Waals surface area contributed by atoms with Crippen LogP contribution in [0.1, 0.15) is 30.9 Å². The Hall–Kier alpha value is -3.32. The molecule has 2 aromatic carbocycles. The molecule has 1 atom stereocenters. The highest BCUT2D eigenvalue weighted by Gasteiger charge is 2.35. The molecule has 0 spiro atoms. The summed E-state index contributed by atoms with van der Waals surface area (Å²) in [5.74, 6) is -0.0603. The maximum absolute atomic E-state index is 12.5. The van der Waals surface area contributed by atoms with E-state index in [-0.39, 0.29) is 0 Å². The van der Waals surface area contributed by atoms with Crippen LogP contribution in [-0.4, -0.2) is 96.3 Å². The van der Waals surface area contributed by atoms with Crippen LogP contribution < -0.4 is 30.3 Å². The lowest BCUT2D eigenvalue weighted by atomic mass is 10.00. The molecule has 232 valence electrons. The van der Waals surface area contributed by atoms with Gasteiger partial charge >= 0.3 is 0 Å². The van der Waals surface area contributed by atoms with Gasteiger partial charge in [-0.25, -0.2) is 13.4 Å². The Morgan fingerprint density at radius 2 is 1.81 bits per heavy atom. The first kappa shape index (κ1) is 29.7. The molecule has 2 fully saturated rings. The second kappa shape index (κ2) is 11.6. The summed E-state index contributed by atoms with van der Waals surface area (Å²) < 4.78 is 32.3. The average Bonchev–Trinajstić information content (AvgIpc) is 3.46. The number of rotatable bonds is 6. The van der Waals surface area contributed by atoms with Gasteiger partial charge in [-0.15, -0.1) is 0 Å². The number of piperidine rings is 1. The molecule has 0 bridgehead atoms. The van der Waals surface area contributed by atoms with Gasteiger partial charge in [0.25, 0.3) is 0 Å². The number of methoxy groups -OCH3 is 1. The second-order valence-corrected chi connectivity index (χ2v) is 14.1. The molecule has 0 aromatic heterocycles. The van der Waals surface area contributed by atoms with Crippen molar-refractivity contribution in [3.8, 4) is 5.75 Å². The summed E-state index contributed by atoms with van der Waals surface area (Å²) in [6.07, 6.45) is 6.05. The number of fused-ring (bicyclic) bond motifs is 1. The van der Waals surface area contributed by atoms with Crippen LogP contribution in [0, 0.1) is 0 Å². The van der Waals surface area contributed by atoms with Crippen LogP contribution in [0.2, 0.25) is 0 Å². The van der Waals surface area contributed by atoms with Gasteiger partial charge in [0, 0.05) is 75.4 Å². The first-order valence-corrected chi connectivity index (χ1v) is 17.0. The molecule has 12 heteroatoms. The molecule has 2 saturated heterocycles. The fraction of sp³-hybridized carbons (Fsp3) is 0.516. The smallest absolute Gasteiger partial charge is 0.232 e. The Morgan fingerprint density at radius 1 is 1.07 bits per heavy atom. The van der Waals surface area contributed by atoms with Crippen molar-refractivity contribution in [2.75, 3.05) is 80.7 Å². The highest BCUT2D eigenvalue weighted by molar-refractivity contribution is 7.92. The third-order valence-electron chi connectivity index (χ3n) is 9.26. The van der Waals surface area contributed by atoms with Crippen LogP contribution in [0.25, 0.3) is 0 Å². The Bertz CT molecular complexity index is 1530. The first-order chi connectivity index (χ1) is 20.6. The van der Waals surface area contributed by atoms with E-state index in [1.807, 2.05) is 37.4 Å². The molecule has 6 rings (SSSR count). The topological polar surface area (TPSA) is 119 Å². The third-order valence-corrected chi connectivity index (χ3v) is 10.4. The SMILES string of the molecule is COc1cc(N2CCC(N3CCN(C)CC3)CC2)ccc1C1(N)N=C(Nc2cccc3c2N(S(C)(=O)=O)CC3)C(C)=CN1. The van der Waals surface area contributed by atoms with Crippen LogP contribution in [-0.2, 0) is 22.2 Å². The fourth-order valence-corrected chi connectivity index (χ4v) is 7.67. The van der Waals surface area contributed by atoms with Crippen LogP contribution in [0.4, 0.5) is 17.1 Å². The molecule has 1 unspecified atom stereocenters. The summed E-state index contributed by atoms with van der Waals surface area (Å²) in [7, 11) is 0.446. The van der Waals surface area contributed by atoms with Gasteiger partial charge in [0.1, 0.15) is 11.6 Å². The lowest BCUT2D eigenvalue weighted by Gasteiger charge is -2.42. The van der Waals surface area contributed by atoms with Crippen molar-refractivity contribution in [1.82, 2.24) is 15.1 Å². The molecular formula is C31H44N8O3S. The number of aliphatic imine (C=N–C) groups is 1. The fourth-order valence-electron chi connectivity index (χ4n) is 6.70. The van der Waals surface area contributed by atoms with Crippen LogP contribution in [0.3, 0.4) is 0 Å². The predicted molar refractivity (Wildman–Crippen MR) is 173 cm³/mol. The van der Waals surface area contributed by atoms with Gasteiger partial charge in [0.05, 0.1) is 30.3 Å². The average molecular weight is 609 g/mol. The van der Waals surface area contributed by atoms with E-state index in [1.54, 1.807) is 7.11 Å². The lowest BCUT2D eigenvalue weighted by molar-refractivity contribution is 0.0982. The highest BCUT2D eigenvalue weighted by atomic mass is 32.2. The summed E-state index contributed by atoms with van der Waals surface area (Å²) in [6.45, 7) is 8.98. The molecule has 4 aliphatic rings. The number of anilines is 3. The molecule has 0 radical (unpaired) electrons. The van der Waals surface area contributed by atoms with E-state index >= 15 is 0 Å². The quantitative estimate of drug-likeness (QED) is 0.454. The summed E-state index contributed by atoms with van der Waals surface area (Å²) in [6, 6.07) is 12.6. The van der Waals surface area contributed by atoms with Gasteiger partial charge in [-0.3, -0.25) is 14.9 Å². The predicted octanol–water partition coefficient (Wildman–Crippen LogP) is 2.32. The van der Waals surface area contributed by atoms with Crippen molar-refractivity contribution in [1.29, 1.82) is 0 Å².